The fraction of sp³-hybridized carbons (Fsp3) is 0.600. The molecule has 1 saturated carbocycles. The molecule has 3 rings (SSSR count). The summed E-state index contributed by atoms with van der Waals surface area (Å²) < 4.78 is 12.9. The van der Waals surface area contributed by atoms with E-state index in [1.54, 1.807) is 12.1 Å². The van der Waals surface area contributed by atoms with Gasteiger partial charge in [-0.15, -0.1) is 0 Å². The lowest BCUT2D eigenvalue weighted by Crippen LogP contribution is -3.14. The maximum Gasteiger partial charge on any atom is 0.315 e. The summed E-state index contributed by atoms with van der Waals surface area (Å²) >= 11 is 0. The first-order valence-corrected chi connectivity index (χ1v) is 9.79. The zero-order valence-corrected chi connectivity index (χ0v) is 15.2. The first kappa shape index (κ1) is 18.8. The molecule has 2 amide bonds. The average molecular weight is 362 g/mol. The molecule has 1 aliphatic heterocycles. The SMILES string of the molecule is O=C(NC1CCCCC1)NC1CC[NH+](CC(=O)c2ccc(F)cc2)CC1. The highest BCUT2D eigenvalue weighted by molar-refractivity contribution is 5.96. The van der Waals surface area contributed by atoms with Crippen LogP contribution in [0.1, 0.15) is 55.3 Å². The fourth-order valence-electron chi connectivity index (χ4n) is 3.97. The van der Waals surface area contributed by atoms with Crippen LogP contribution in [0.5, 0.6) is 0 Å². The van der Waals surface area contributed by atoms with Crippen LogP contribution in [0.3, 0.4) is 0 Å². The summed E-state index contributed by atoms with van der Waals surface area (Å²) in [6.45, 7) is 2.15. The highest BCUT2D eigenvalue weighted by Gasteiger charge is 2.26. The van der Waals surface area contributed by atoms with Crippen molar-refractivity contribution < 1.29 is 18.9 Å². The Morgan fingerprint density at radius 3 is 2.12 bits per heavy atom. The second-order valence-electron chi connectivity index (χ2n) is 7.58. The minimum Gasteiger partial charge on any atom is -0.335 e. The number of likely N-dealkylation sites (tertiary alicyclic amines) is 1. The number of benzene rings is 1. The van der Waals surface area contributed by atoms with Gasteiger partial charge in [-0.25, -0.2) is 9.18 Å². The summed E-state index contributed by atoms with van der Waals surface area (Å²) in [6, 6.07) is 6.19. The number of nitrogens with one attached hydrogen (secondary N) is 3. The van der Waals surface area contributed by atoms with Crippen molar-refractivity contribution in [3.63, 3.8) is 0 Å². The molecular weight excluding hydrogens is 333 g/mol. The number of Topliss-reactive ketones (excluding diaryl/α,β-unsaturated/α-hetero) is 1. The maximum atomic E-state index is 12.9. The number of carbonyl (C=O) groups is 2. The molecule has 0 spiro atoms. The molecule has 1 heterocycles. The van der Waals surface area contributed by atoms with Crippen LogP contribution < -0.4 is 15.5 Å². The molecular formula is C20H29FN3O2+. The summed E-state index contributed by atoms with van der Waals surface area (Å²) in [6.07, 6.45) is 7.61. The van der Waals surface area contributed by atoms with Gasteiger partial charge in [0.2, 0.25) is 5.78 Å². The van der Waals surface area contributed by atoms with E-state index in [9.17, 15) is 14.0 Å². The predicted molar refractivity (Wildman–Crippen MR) is 97.9 cm³/mol. The van der Waals surface area contributed by atoms with Gasteiger partial charge in [0.05, 0.1) is 13.1 Å². The van der Waals surface area contributed by atoms with Gasteiger partial charge in [-0.1, -0.05) is 19.3 Å². The molecule has 0 unspecified atom stereocenters. The van der Waals surface area contributed by atoms with Crippen LogP contribution in [0, 0.1) is 5.82 Å². The fourth-order valence-corrected chi connectivity index (χ4v) is 3.97. The van der Waals surface area contributed by atoms with E-state index in [0.29, 0.717) is 18.2 Å². The van der Waals surface area contributed by atoms with Crippen molar-refractivity contribution in [3.8, 4) is 0 Å². The zero-order valence-electron chi connectivity index (χ0n) is 15.2. The van der Waals surface area contributed by atoms with E-state index in [4.69, 9.17) is 0 Å². The van der Waals surface area contributed by atoms with Gasteiger partial charge < -0.3 is 15.5 Å². The van der Waals surface area contributed by atoms with E-state index < -0.39 is 0 Å². The van der Waals surface area contributed by atoms with Crippen LogP contribution in [0.15, 0.2) is 24.3 Å². The van der Waals surface area contributed by atoms with Crippen LogP contribution in [0.2, 0.25) is 0 Å². The van der Waals surface area contributed by atoms with Crippen molar-refractivity contribution in [2.45, 2.75) is 57.0 Å². The molecule has 0 atom stereocenters. The average Bonchev–Trinajstić information content (AvgIpc) is 2.64. The number of carbonyl (C=O) groups excluding carboxylic acids is 2. The second kappa shape index (κ2) is 9.12. The van der Waals surface area contributed by atoms with Gasteiger partial charge in [0.25, 0.3) is 0 Å². The number of piperidine rings is 1. The Morgan fingerprint density at radius 2 is 1.50 bits per heavy atom. The lowest BCUT2D eigenvalue weighted by molar-refractivity contribution is -0.896. The Labute approximate surface area is 154 Å². The third kappa shape index (κ3) is 5.53. The molecule has 1 aliphatic carbocycles. The molecule has 0 aromatic heterocycles. The summed E-state index contributed by atoms with van der Waals surface area (Å²) in [5.74, 6) is -0.284. The van der Waals surface area contributed by atoms with Crippen LogP contribution in [-0.2, 0) is 0 Å². The zero-order chi connectivity index (χ0) is 18.4. The quantitative estimate of drug-likeness (QED) is 0.698. The Bertz CT molecular complexity index is 606. The molecule has 0 bridgehead atoms. The van der Waals surface area contributed by atoms with E-state index in [1.165, 1.54) is 36.3 Å². The standard InChI is InChI=1S/C20H28FN3O2/c21-16-8-6-15(7-9-16)19(25)14-24-12-10-18(11-13-24)23-20(26)22-17-4-2-1-3-5-17/h6-9,17-18H,1-5,10-14H2,(H2,22,23,26)/p+1. The third-order valence-corrected chi connectivity index (χ3v) is 5.55. The van der Waals surface area contributed by atoms with Gasteiger partial charge >= 0.3 is 6.03 Å². The van der Waals surface area contributed by atoms with Crippen molar-refractivity contribution >= 4 is 11.8 Å². The lowest BCUT2D eigenvalue weighted by atomic mass is 9.96. The van der Waals surface area contributed by atoms with Crippen LogP contribution in [0.25, 0.3) is 0 Å². The van der Waals surface area contributed by atoms with Crippen LogP contribution >= 0.6 is 0 Å². The molecule has 1 aromatic carbocycles. The van der Waals surface area contributed by atoms with E-state index >= 15 is 0 Å². The minimum atomic E-state index is -0.327. The molecule has 142 valence electrons. The first-order valence-electron chi connectivity index (χ1n) is 9.79. The smallest absolute Gasteiger partial charge is 0.315 e. The Morgan fingerprint density at radius 1 is 0.923 bits per heavy atom. The third-order valence-electron chi connectivity index (χ3n) is 5.55. The molecule has 2 fully saturated rings. The number of ketones is 1. The van der Waals surface area contributed by atoms with E-state index in [-0.39, 0.29) is 23.7 Å². The van der Waals surface area contributed by atoms with Crippen molar-refractivity contribution in [1.82, 2.24) is 10.6 Å². The monoisotopic (exact) mass is 362 g/mol. The van der Waals surface area contributed by atoms with Crippen molar-refractivity contribution in [3.05, 3.63) is 35.6 Å². The largest absolute Gasteiger partial charge is 0.335 e. The lowest BCUT2D eigenvalue weighted by Gasteiger charge is -2.30. The Balaban J connectivity index is 1.37. The first-order chi connectivity index (χ1) is 12.6. The molecule has 3 N–H and O–H groups in total. The number of quaternary nitrogens is 1. The van der Waals surface area contributed by atoms with Crippen molar-refractivity contribution in [2.75, 3.05) is 19.6 Å². The van der Waals surface area contributed by atoms with Crippen LogP contribution in [0.4, 0.5) is 9.18 Å². The van der Waals surface area contributed by atoms with E-state index in [1.807, 2.05) is 0 Å². The molecule has 0 radical (unpaired) electrons. The molecule has 2 aliphatic rings. The maximum absolute atomic E-state index is 12.9. The predicted octanol–water partition coefficient (Wildman–Crippen LogP) is 1.69. The molecule has 26 heavy (non-hydrogen) atoms. The number of urea groups is 1. The second-order valence-corrected chi connectivity index (χ2v) is 7.58. The van der Waals surface area contributed by atoms with Crippen molar-refractivity contribution in [2.24, 2.45) is 0 Å². The molecule has 5 nitrogen and oxygen atoms in total. The van der Waals surface area contributed by atoms with Gasteiger partial charge in [-0.2, -0.15) is 0 Å². The van der Waals surface area contributed by atoms with E-state index in [0.717, 1.165) is 38.8 Å². The number of halogens is 1. The number of hydrogen-bond donors (Lipinski definition) is 3. The van der Waals surface area contributed by atoms with Gasteiger partial charge in [0.1, 0.15) is 12.4 Å². The van der Waals surface area contributed by atoms with Gasteiger partial charge in [0.15, 0.2) is 0 Å². The Hall–Kier alpha value is -1.95. The van der Waals surface area contributed by atoms with Crippen molar-refractivity contribution in [1.29, 1.82) is 0 Å². The topological polar surface area (TPSA) is 62.6 Å². The minimum absolute atomic E-state index is 0.0430. The molecule has 1 saturated heterocycles. The van der Waals surface area contributed by atoms with Gasteiger partial charge in [0, 0.05) is 30.5 Å². The van der Waals surface area contributed by atoms with Crippen LogP contribution in [-0.4, -0.2) is 43.5 Å². The molecule has 1 aromatic rings. The summed E-state index contributed by atoms with van der Waals surface area (Å²) in [5.41, 5.74) is 0.561. The number of amides is 2. The normalized spacial score (nSPS) is 24.0. The summed E-state index contributed by atoms with van der Waals surface area (Å²) in [5, 5.41) is 6.18. The number of hydrogen-bond acceptors (Lipinski definition) is 2. The summed E-state index contributed by atoms with van der Waals surface area (Å²) in [7, 11) is 0. The number of rotatable bonds is 5. The molecule has 6 heteroatoms. The highest BCUT2D eigenvalue weighted by atomic mass is 19.1. The van der Waals surface area contributed by atoms with E-state index in [2.05, 4.69) is 10.6 Å². The van der Waals surface area contributed by atoms with Gasteiger partial charge in [-0.05, 0) is 37.1 Å². The van der Waals surface area contributed by atoms with Gasteiger partial charge in [-0.3, -0.25) is 4.79 Å². The highest BCUT2D eigenvalue weighted by Crippen LogP contribution is 2.17. The Kier molecular flexibility index (Phi) is 6.61. The summed E-state index contributed by atoms with van der Waals surface area (Å²) in [4.78, 5) is 25.6.